The average molecular weight is 358 g/mol. The van der Waals surface area contributed by atoms with Gasteiger partial charge in [-0.2, -0.15) is 0 Å². The van der Waals surface area contributed by atoms with Crippen LogP contribution in [0.25, 0.3) is 0 Å². The van der Waals surface area contributed by atoms with Crippen molar-refractivity contribution < 1.29 is 9.53 Å². The molecule has 2 fully saturated rings. The Morgan fingerprint density at radius 1 is 1.23 bits per heavy atom. The number of nitrogens with one attached hydrogen (secondary N) is 2. The average Bonchev–Trinajstić information content (AvgIpc) is 3.36. The van der Waals surface area contributed by atoms with Gasteiger partial charge in [0.25, 0.3) is 0 Å². The number of guanidine groups is 1. The van der Waals surface area contributed by atoms with Gasteiger partial charge in [0.1, 0.15) is 12.4 Å². The zero-order valence-electron chi connectivity index (χ0n) is 15.6. The van der Waals surface area contributed by atoms with Crippen LogP contribution in [0.5, 0.6) is 5.75 Å². The standard InChI is InChI=1S/C20H30N4O2/c1-21-20(22-12-14-26-18-9-3-2-4-10-18)23-17-11-13-24(15-17)19(25)16-7-5-6-8-16/h2-4,9-10,16-17H,5-8,11-15H2,1H3,(H2,21,22,23). The highest BCUT2D eigenvalue weighted by Gasteiger charge is 2.32. The molecule has 1 saturated carbocycles. The predicted octanol–water partition coefficient (Wildman–Crippen LogP) is 2.02. The fraction of sp³-hybridized carbons (Fsp3) is 0.600. The van der Waals surface area contributed by atoms with E-state index in [0.717, 1.165) is 44.1 Å². The van der Waals surface area contributed by atoms with Crippen molar-refractivity contribution >= 4 is 11.9 Å². The maximum Gasteiger partial charge on any atom is 0.225 e. The Kier molecular flexibility index (Phi) is 6.75. The Balaban J connectivity index is 1.36. The van der Waals surface area contributed by atoms with E-state index in [1.807, 2.05) is 35.2 Å². The summed E-state index contributed by atoms with van der Waals surface area (Å²) in [5.74, 6) is 2.25. The number of aliphatic imine (C=N–C) groups is 1. The second-order valence-electron chi connectivity index (χ2n) is 7.06. The third kappa shape index (κ3) is 5.13. The minimum absolute atomic E-state index is 0.265. The number of hydrogen-bond acceptors (Lipinski definition) is 3. The van der Waals surface area contributed by atoms with Gasteiger partial charge in [0, 0.05) is 32.1 Å². The van der Waals surface area contributed by atoms with E-state index < -0.39 is 0 Å². The molecule has 0 spiro atoms. The van der Waals surface area contributed by atoms with Gasteiger partial charge in [0.05, 0.1) is 6.54 Å². The Morgan fingerprint density at radius 2 is 2.00 bits per heavy atom. The van der Waals surface area contributed by atoms with Gasteiger partial charge in [-0.15, -0.1) is 0 Å². The van der Waals surface area contributed by atoms with Crippen LogP contribution in [-0.4, -0.2) is 56.1 Å². The fourth-order valence-electron chi connectivity index (χ4n) is 3.75. The van der Waals surface area contributed by atoms with Crippen LogP contribution in [-0.2, 0) is 4.79 Å². The molecule has 1 saturated heterocycles. The third-order valence-corrected chi connectivity index (χ3v) is 5.18. The van der Waals surface area contributed by atoms with E-state index in [2.05, 4.69) is 15.6 Å². The molecule has 1 aromatic carbocycles. The Labute approximate surface area is 156 Å². The number of likely N-dealkylation sites (tertiary alicyclic amines) is 1. The quantitative estimate of drug-likeness (QED) is 0.464. The van der Waals surface area contributed by atoms with Gasteiger partial charge in [0.15, 0.2) is 5.96 Å². The molecule has 1 amide bonds. The number of hydrogen-bond donors (Lipinski definition) is 2. The lowest BCUT2D eigenvalue weighted by Crippen LogP contribution is -2.46. The first-order chi connectivity index (χ1) is 12.8. The zero-order chi connectivity index (χ0) is 18.2. The first kappa shape index (κ1) is 18.5. The number of rotatable bonds is 6. The van der Waals surface area contributed by atoms with Crippen molar-refractivity contribution in [1.82, 2.24) is 15.5 Å². The Hall–Kier alpha value is -2.24. The molecule has 1 aliphatic carbocycles. The number of carbonyl (C=O) groups excluding carboxylic acids is 1. The number of benzene rings is 1. The second-order valence-corrected chi connectivity index (χ2v) is 7.06. The van der Waals surface area contributed by atoms with E-state index in [9.17, 15) is 4.79 Å². The van der Waals surface area contributed by atoms with Crippen molar-refractivity contribution in [3.63, 3.8) is 0 Å². The highest BCUT2D eigenvalue weighted by Crippen LogP contribution is 2.27. The molecule has 6 nitrogen and oxygen atoms in total. The molecule has 0 radical (unpaired) electrons. The van der Waals surface area contributed by atoms with Crippen LogP contribution in [0.4, 0.5) is 0 Å². The minimum atomic E-state index is 0.265. The molecule has 2 N–H and O–H groups in total. The fourth-order valence-corrected chi connectivity index (χ4v) is 3.75. The van der Waals surface area contributed by atoms with Gasteiger partial charge in [-0.3, -0.25) is 9.79 Å². The second kappa shape index (κ2) is 9.46. The van der Waals surface area contributed by atoms with Crippen molar-refractivity contribution in [3.8, 4) is 5.75 Å². The highest BCUT2D eigenvalue weighted by molar-refractivity contribution is 5.81. The van der Waals surface area contributed by atoms with E-state index in [-0.39, 0.29) is 12.0 Å². The Morgan fingerprint density at radius 3 is 2.73 bits per heavy atom. The lowest BCUT2D eigenvalue weighted by atomic mass is 10.1. The molecule has 142 valence electrons. The lowest BCUT2D eigenvalue weighted by molar-refractivity contribution is -0.134. The minimum Gasteiger partial charge on any atom is -0.492 e. The molecule has 26 heavy (non-hydrogen) atoms. The first-order valence-corrected chi connectivity index (χ1v) is 9.70. The number of para-hydroxylation sites is 1. The maximum absolute atomic E-state index is 12.5. The smallest absolute Gasteiger partial charge is 0.225 e. The van der Waals surface area contributed by atoms with E-state index in [1.165, 1.54) is 12.8 Å². The summed E-state index contributed by atoms with van der Waals surface area (Å²) in [4.78, 5) is 18.8. The van der Waals surface area contributed by atoms with Gasteiger partial charge < -0.3 is 20.3 Å². The van der Waals surface area contributed by atoms with Crippen molar-refractivity contribution in [1.29, 1.82) is 0 Å². The molecular formula is C20H30N4O2. The summed E-state index contributed by atoms with van der Waals surface area (Å²) in [6.45, 7) is 2.87. The summed E-state index contributed by atoms with van der Waals surface area (Å²) in [5, 5.41) is 6.71. The molecule has 2 aliphatic rings. The molecule has 6 heteroatoms. The van der Waals surface area contributed by atoms with Gasteiger partial charge >= 0.3 is 0 Å². The van der Waals surface area contributed by atoms with E-state index in [4.69, 9.17) is 4.74 Å². The van der Waals surface area contributed by atoms with Gasteiger partial charge in [-0.1, -0.05) is 31.0 Å². The maximum atomic E-state index is 12.5. The number of amides is 1. The molecule has 0 aromatic heterocycles. The molecule has 0 bridgehead atoms. The van der Waals surface area contributed by atoms with Crippen LogP contribution in [0.1, 0.15) is 32.1 Å². The van der Waals surface area contributed by atoms with Gasteiger partial charge in [-0.25, -0.2) is 0 Å². The first-order valence-electron chi connectivity index (χ1n) is 9.70. The number of nitrogens with zero attached hydrogens (tertiary/aromatic N) is 2. The van der Waals surface area contributed by atoms with E-state index >= 15 is 0 Å². The van der Waals surface area contributed by atoms with Crippen LogP contribution in [0.2, 0.25) is 0 Å². The zero-order valence-corrected chi connectivity index (χ0v) is 15.6. The van der Waals surface area contributed by atoms with Crippen LogP contribution >= 0.6 is 0 Å². The number of ether oxygens (including phenoxy) is 1. The van der Waals surface area contributed by atoms with Gasteiger partial charge in [0.2, 0.25) is 5.91 Å². The van der Waals surface area contributed by atoms with Crippen molar-refractivity contribution in [2.75, 3.05) is 33.3 Å². The monoisotopic (exact) mass is 358 g/mol. The molecule has 1 unspecified atom stereocenters. The number of carbonyl (C=O) groups is 1. The molecule has 1 aromatic rings. The Bertz CT molecular complexity index is 599. The van der Waals surface area contributed by atoms with Crippen LogP contribution in [0.15, 0.2) is 35.3 Å². The normalized spacial score (nSPS) is 21.0. The largest absolute Gasteiger partial charge is 0.492 e. The SMILES string of the molecule is CN=C(NCCOc1ccccc1)NC1CCN(C(=O)C2CCCC2)C1. The molecular weight excluding hydrogens is 328 g/mol. The van der Waals surface area contributed by atoms with Crippen molar-refractivity contribution in [2.24, 2.45) is 10.9 Å². The van der Waals surface area contributed by atoms with Crippen molar-refractivity contribution in [3.05, 3.63) is 30.3 Å². The molecule has 1 aliphatic heterocycles. The summed E-state index contributed by atoms with van der Waals surface area (Å²) < 4.78 is 5.68. The topological polar surface area (TPSA) is 66.0 Å². The van der Waals surface area contributed by atoms with Crippen molar-refractivity contribution in [2.45, 2.75) is 38.1 Å². The lowest BCUT2D eigenvalue weighted by Gasteiger charge is -2.21. The molecule has 3 rings (SSSR count). The predicted molar refractivity (Wildman–Crippen MR) is 103 cm³/mol. The van der Waals surface area contributed by atoms with Crippen LogP contribution in [0.3, 0.4) is 0 Å². The molecule has 1 heterocycles. The third-order valence-electron chi connectivity index (χ3n) is 5.18. The summed E-state index contributed by atoms with van der Waals surface area (Å²) in [6, 6.07) is 10.0. The van der Waals surface area contributed by atoms with E-state index in [0.29, 0.717) is 19.1 Å². The van der Waals surface area contributed by atoms with Crippen LogP contribution in [0, 0.1) is 5.92 Å². The van der Waals surface area contributed by atoms with E-state index in [1.54, 1.807) is 7.05 Å². The highest BCUT2D eigenvalue weighted by atomic mass is 16.5. The summed E-state index contributed by atoms with van der Waals surface area (Å²) >= 11 is 0. The molecule has 1 atom stereocenters. The van der Waals surface area contributed by atoms with Crippen LogP contribution < -0.4 is 15.4 Å². The summed E-state index contributed by atoms with van der Waals surface area (Å²) in [5.41, 5.74) is 0. The summed E-state index contributed by atoms with van der Waals surface area (Å²) in [6.07, 6.45) is 5.51. The van der Waals surface area contributed by atoms with Gasteiger partial charge in [-0.05, 0) is 31.4 Å². The summed E-state index contributed by atoms with van der Waals surface area (Å²) in [7, 11) is 1.77.